The third-order valence-corrected chi connectivity index (χ3v) is 5.92. The molecule has 0 spiro atoms. The predicted octanol–water partition coefficient (Wildman–Crippen LogP) is 4.40. The van der Waals surface area contributed by atoms with E-state index in [1.165, 1.54) is 48.1 Å². The van der Waals surface area contributed by atoms with E-state index >= 15 is 0 Å². The molecule has 1 saturated carbocycles. The number of hydrogen-bond donors (Lipinski definition) is 2. The topological polar surface area (TPSA) is 33.3 Å². The van der Waals surface area contributed by atoms with Crippen LogP contribution in [0.5, 0.6) is 5.75 Å². The molecule has 3 nitrogen and oxygen atoms in total. The van der Waals surface area contributed by atoms with E-state index in [0.717, 1.165) is 31.4 Å². The largest absolute Gasteiger partial charge is 0.493 e. The Hall–Kier alpha value is -2.00. The van der Waals surface area contributed by atoms with E-state index in [1.54, 1.807) is 0 Å². The van der Waals surface area contributed by atoms with E-state index in [0.29, 0.717) is 12.0 Å². The van der Waals surface area contributed by atoms with Gasteiger partial charge in [-0.1, -0.05) is 30.3 Å². The lowest BCUT2D eigenvalue weighted by Gasteiger charge is -2.19. The van der Waals surface area contributed by atoms with Crippen LogP contribution in [0.15, 0.2) is 42.5 Å². The fourth-order valence-electron chi connectivity index (χ4n) is 4.39. The number of nitrogens with one attached hydrogen (secondary N) is 2. The van der Waals surface area contributed by atoms with Crippen molar-refractivity contribution in [1.29, 1.82) is 0 Å². The molecule has 25 heavy (non-hydrogen) atoms. The second-order valence-corrected chi connectivity index (χ2v) is 7.70. The molecular formula is C22H26N2O. The summed E-state index contributed by atoms with van der Waals surface area (Å²) in [6.07, 6.45) is 5.04. The molecular weight excluding hydrogens is 308 g/mol. The van der Waals surface area contributed by atoms with Crippen LogP contribution in [-0.4, -0.2) is 25.7 Å². The van der Waals surface area contributed by atoms with Gasteiger partial charge in [-0.15, -0.1) is 0 Å². The third kappa shape index (κ3) is 2.91. The monoisotopic (exact) mass is 334 g/mol. The molecule has 0 unspecified atom stereocenters. The zero-order chi connectivity index (χ0) is 16.6. The Morgan fingerprint density at radius 1 is 0.880 bits per heavy atom. The first-order chi connectivity index (χ1) is 12.4. The lowest BCUT2D eigenvalue weighted by atomic mass is 9.85. The van der Waals surface area contributed by atoms with Crippen molar-refractivity contribution < 1.29 is 4.74 Å². The van der Waals surface area contributed by atoms with Crippen LogP contribution in [0.4, 0.5) is 5.69 Å². The molecule has 2 heterocycles. The summed E-state index contributed by atoms with van der Waals surface area (Å²) < 4.78 is 6.20. The van der Waals surface area contributed by atoms with Gasteiger partial charge in [-0.3, -0.25) is 0 Å². The molecule has 0 aromatic heterocycles. The molecule has 1 aliphatic carbocycles. The SMILES string of the molecule is c1ccc(-c2cccc3c2[C@@H]2CCNCC[C@@H]2N3)c(OCC2CC2)c1. The summed E-state index contributed by atoms with van der Waals surface area (Å²) in [6, 6.07) is 15.8. The van der Waals surface area contributed by atoms with Crippen LogP contribution in [-0.2, 0) is 0 Å². The first-order valence-corrected chi connectivity index (χ1v) is 9.72. The molecule has 3 heteroatoms. The Bertz CT molecular complexity index is 768. The number of anilines is 1. The Balaban J connectivity index is 1.54. The number of hydrogen-bond acceptors (Lipinski definition) is 3. The summed E-state index contributed by atoms with van der Waals surface area (Å²) in [5.74, 6) is 2.41. The zero-order valence-corrected chi connectivity index (χ0v) is 14.6. The van der Waals surface area contributed by atoms with Crippen LogP contribution in [0.1, 0.15) is 37.2 Å². The van der Waals surface area contributed by atoms with Crippen LogP contribution < -0.4 is 15.4 Å². The number of rotatable bonds is 4. The minimum atomic E-state index is 0.561. The molecule has 2 aliphatic heterocycles. The van der Waals surface area contributed by atoms with E-state index in [1.807, 2.05) is 0 Å². The summed E-state index contributed by atoms with van der Waals surface area (Å²) in [4.78, 5) is 0. The van der Waals surface area contributed by atoms with Crippen LogP contribution in [0.3, 0.4) is 0 Å². The van der Waals surface area contributed by atoms with E-state index < -0.39 is 0 Å². The summed E-state index contributed by atoms with van der Waals surface area (Å²) >= 11 is 0. The summed E-state index contributed by atoms with van der Waals surface area (Å²) in [7, 11) is 0. The fraction of sp³-hybridized carbons (Fsp3) is 0.455. The predicted molar refractivity (Wildman–Crippen MR) is 102 cm³/mol. The first-order valence-electron chi connectivity index (χ1n) is 9.72. The van der Waals surface area contributed by atoms with Crippen LogP contribution in [0.2, 0.25) is 0 Å². The summed E-state index contributed by atoms with van der Waals surface area (Å²) in [5, 5.41) is 7.34. The van der Waals surface area contributed by atoms with Gasteiger partial charge < -0.3 is 15.4 Å². The van der Waals surface area contributed by atoms with Crippen molar-refractivity contribution in [2.75, 3.05) is 25.0 Å². The summed E-state index contributed by atoms with van der Waals surface area (Å²) in [6.45, 7) is 3.08. The molecule has 1 saturated heterocycles. The Morgan fingerprint density at radius 3 is 2.64 bits per heavy atom. The molecule has 2 atom stereocenters. The molecule has 2 N–H and O–H groups in total. The van der Waals surface area contributed by atoms with Crippen molar-refractivity contribution >= 4 is 5.69 Å². The smallest absolute Gasteiger partial charge is 0.127 e. The molecule has 130 valence electrons. The molecule has 0 amide bonds. The van der Waals surface area contributed by atoms with E-state index in [-0.39, 0.29) is 0 Å². The van der Waals surface area contributed by atoms with Gasteiger partial charge in [-0.05, 0) is 68.0 Å². The highest BCUT2D eigenvalue weighted by atomic mass is 16.5. The third-order valence-electron chi connectivity index (χ3n) is 5.92. The quantitative estimate of drug-likeness (QED) is 0.869. The number of ether oxygens (including phenoxy) is 1. The molecule has 2 fully saturated rings. The second-order valence-electron chi connectivity index (χ2n) is 7.70. The maximum Gasteiger partial charge on any atom is 0.127 e. The van der Waals surface area contributed by atoms with Gasteiger partial charge in [0, 0.05) is 23.2 Å². The summed E-state index contributed by atoms with van der Waals surface area (Å²) in [5.41, 5.74) is 5.43. The van der Waals surface area contributed by atoms with Gasteiger partial charge in [-0.25, -0.2) is 0 Å². The van der Waals surface area contributed by atoms with Gasteiger partial charge in [0.15, 0.2) is 0 Å². The van der Waals surface area contributed by atoms with Crippen LogP contribution >= 0.6 is 0 Å². The highest BCUT2D eigenvalue weighted by Crippen LogP contribution is 2.47. The molecule has 0 bridgehead atoms. The average Bonchev–Trinajstić information content (AvgIpc) is 3.44. The fourth-order valence-corrected chi connectivity index (χ4v) is 4.39. The highest BCUT2D eigenvalue weighted by Gasteiger charge is 2.35. The van der Waals surface area contributed by atoms with Crippen LogP contribution in [0, 0.1) is 5.92 Å². The van der Waals surface area contributed by atoms with Crippen molar-refractivity contribution in [3.63, 3.8) is 0 Å². The van der Waals surface area contributed by atoms with E-state index in [9.17, 15) is 0 Å². The number of fused-ring (bicyclic) bond motifs is 3. The zero-order valence-electron chi connectivity index (χ0n) is 14.6. The Morgan fingerprint density at radius 2 is 1.72 bits per heavy atom. The standard InChI is InChI=1S/C22H26N2O/c1-2-7-21(25-14-15-8-9-15)16(4-1)17-5-3-6-20-22(17)18-10-12-23-13-11-19(18)24-20/h1-7,15,18-19,23-24H,8-14H2/t18-,19+/m1/s1. The minimum absolute atomic E-state index is 0.561. The van der Waals surface area contributed by atoms with Crippen molar-refractivity contribution in [3.8, 4) is 16.9 Å². The normalized spacial score (nSPS) is 24.8. The molecule has 5 rings (SSSR count). The van der Waals surface area contributed by atoms with Gasteiger partial charge in [0.2, 0.25) is 0 Å². The van der Waals surface area contributed by atoms with Crippen molar-refractivity contribution in [2.45, 2.75) is 37.6 Å². The van der Waals surface area contributed by atoms with Crippen molar-refractivity contribution in [1.82, 2.24) is 5.32 Å². The minimum Gasteiger partial charge on any atom is -0.493 e. The van der Waals surface area contributed by atoms with E-state index in [4.69, 9.17) is 4.74 Å². The number of para-hydroxylation sites is 1. The van der Waals surface area contributed by atoms with Gasteiger partial charge in [0.05, 0.1) is 6.61 Å². The van der Waals surface area contributed by atoms with Crippen molar-refractivity contribution in [3.05, 3.63) is 48.0 Å². The molecule has 2 aromatic rings. The molecule has 0 radical (unpaired) electrons. The van der Waals surface area contributed by atoms with Crippen LogP contribution in [0.25, 0.3) is 11.1 Å². The van der Waals surface area contributed by atoms with Crippen molar-refractivity contribution in [2.24, 2.45) is 5.92 Å². The Labute approximate surface area is 149 Å². The Kier molecular flexibility index (Phi) is 3.90. The highest BCUT2D eigenvalue weighted by molar-refractivity contribution is 5.81. The average molecular weight is 334 g/mol. The maximum atomic E-state index is 6.20. The van der Waals surface area contributed by atoms with Gasteiger partial charge in [0.1, 0.15) is 5.75 Å². The second kappa shape index (κ2) is 6.38. The number of benzene rings is 2. The van der Waals surface area contributed by atoms with Gasteiger partial charge in [0.25, 0.3) is 0 Å². The lowest BCUT2D eigenvalue weighted by molar-refractivity contribution is 0.301. The first kappa shape index (κ1) is 15.3. The molecule has 2 aromatic carbocycles. The van der Waals surface area contributed by atoms with E-state index in [2.05, 4.69) is 53.1 Å². The maximum absolute atomic E-state index is 6.20. The molecule has 3 aliphatic rings. The lowest BCUT2D eigenvalue weighted by Crippen LogP contribution is -2.21. The van der Waals surface area contributed by atoms with Gasteiger partial charge in [-0.2, -0.15) is 0 Å². The van der Waals surface area contributed by atoms with Gasteiger partial charge >= 0.3 is 0 Å².